The summed E-state index contributed by atoms with van der Waals surface area (Å²) in [4.78, 5) is 7.14. The fourth-order valence-corrected chi connectivity index (χ4v) is 2.49. The summed E-state index contributed by atoms with van der Waals surface area (Å²) in [7, 11) is 0. The monoisotopic (exact) mass is 218 g/mol. The Morgan fingerprint density at radius 2 is 2.12 bits per heavy atom. The van der Waals surface area contributed by atoms with Gasteiger partial charge in [0.05, 0.1) is 0 Å². The standard InChI is InChI=1S/C14H22N2/c1-10(2)13-5-6-14(15-12(13)4)16-8-7-11(3)9-16/h5-6,10-11H,7-9H2,1-4H3. The molecule has 0 saturated carbocycles. The molecule has 2 nitrogen and oxygen atoms in total. The van der Waals surface area contributed by atoms with Gasteiger partial charge in [0.1, 0.15) is 5.82 Å². The molecule has 1 fully saturated rings. The molecule has 0 spiro atoms. The van der Waals surface area contributed by atoms with E-state index >= 15 is 0 Å². The lowest BCUT2D eigenvalue weighted by Gasteiger charge is -2.19. The van der Waals surface area contributed by atoms with Crippen LogP contribution in [0.4, 0.5) is 5.82 Å². The zero-order chi connectivity index (χ0) is 11.7. The molecule has 1 saturated heterocycles. The van der Waals surface area contributed by atoms with Gasteiger partial charge in [-0.3, -0.25) is 0 Å². The Morgan fingerprint density at radius 3 is 2.62 bits per heavy atom. The first kappa shape index (κ1) is 11.4. The van der Waals surface area contributed by atoms with Gasteiger partial charge in [0, 0.05) is 18.8 Å². The van der Waals surface area contributed by atoms with Gasteiger partial charge in [0.2, 0.25) is 0 Å². The molecule has 0 radical (unpaired) electrons. The molecule has 2 heterocycles. The van der Waals surface area contributed by atoms with E-state index in [0.717, 1.165) is 24.8 Å². The molecule has 88 valence electrons. The zero-order valence-electron chi connectivity index (χ0n) is 10.8. The summed E-state index contributed by atoms with van der Waals surface area (Å²) in [6.07, 6.45) is 1.30. The second kappa shape index (κ2) is 4.44. The third-order valence-electron chi connectivity index (χ3n) is 3.48. The molecule has 2 rings (SSSR count). The molecule has 1 aliphatic heterocycles. The van der Waals surface area contributed by atoms with E-state index in [1.165, 1.54) is 17.7 Å². The van der Waals surface area contributed by atoms with Gasteiger partial charge in [-0.25, -0.2) is 4.98 Å². The van der Waals surface area contributed by atoms with Crippen LogP contribution in [-0.4, -0.2) is 18.1 Å². The van der Waals surface area contributed by atoms with Gasteiger partial charge in [-0.2, -0.15) is 0 Å². The first-order valence-corrected chi connectivity index (χ1v) is 6.30. The van der Waals surface area contributed by atoms with Crippen LogP contribution in [0.3, 0.4) is 0 Å². The zero-order valence-corrected chi connectivity index (χ0v) is 10.8. The van der Waals surface area contributed by atoms with Crippen LogP contribution < -0.4 is 4.90 Å². The molecular weight excluding hydrogens is 196 g/mol. The Balaban J connectivity index is 2.21. The highest BCUT2D eigenvalue weighted by molar-refractivity contribution is 5.43. The predicted octanol–water partition coefficient (Wildman–Crippen LogP) is 3.36. The van der Waals surface area contributed by atoms with Crippen molar-refractivity contribution in [2.24, 2.45) is 5.92 Å². The molecule has 2 heteroatoms. The number of anilines is 1. The van der Waals surface area contributed by atoms with Crippen molar-refractivity contribution in [3.05, 3.63) is 23.4 Å². The first-order valence-electron chi connectivity index (χ1n) is 6.30. The van der Waals surface area contributed by atoms with Crippen molar-refractivity contribution >= 4 is 5.82 Å². The number of rotatable bonds is 2. The van der Waals surface area contributed by atoms with E-state index in [4.69, 9.17) is 4.98 Å². The normalized spacial score (nSPS) is 20.8. The van der Waals surface area contributed by atoms with Crippen molar-refractivity contribution < 1.29 is 0 Å². The third-order valence-corrected chi connectivity index (χ3v) is 3.48. The van der Waals surface area contributed by atoms with E-state index in [1.807, 2.05) is 0 Å². The Hall–Kier alpha value is -1.05. The third kappa shape index (κ3) is 2.21. The lowest BCUT2D eigenvalue weighted by Crippen LogP contribution is -2.20. The number of aryl methyl sites for hydroxylation is 1. The molecule has 0 bridgehead atoms. The largest absolute Gasteiger partial charge is 0.356 e. The molecule has 0 aromatic carbocycles. The van der Waals surface area contributed by atoms with Crippen molar-refractivity contribution in [2.45, 2.75) is 40.0 Å². The van der Waals surface area contributed by atoms with Crippen LogP contribution in [-0.2, 0) is 0 Å². The lowest BCUT2D eigenvalue weighted by molar-refractivity contribution is 0.658. The van der Waals surface area contributed by atoms with Crippen molar-refractivity contribution in [3.8, 4) is 0 Å². The predicted molar refractivity (Wildman–Crippen MR) is 69.1 cm³/mol. The van der Waals surface area contributed by atoms with Crippen LogP contribution in [0.25, 0.3) is 0 Å². The summed E-state index contributed by atoms with van der Waals surface area (Å²) in [5, 5.41) is 0. The van der Waals surface area contributed by atoms with Crippen molar-refractivity contribution in [1.82, 2.24) is 4.98 Å². The average Bonchev–Trinajstić information content (AvgIpc) is 2.64. The van der Waals surface area contributed by atoms with Gasteiger partial charge in [-0.05, 0) is 36.8 Å². The summed E-state index contributed by atoms with van der Waals surface area (Å²) >= 11 is 0. The Morgan fingerprint density at radius 1 is 1.38 bits per heavy atom. The fraction of sp³-hybridized carbons (Fsp3) is 0.643. The highest BCUT2D eigenvalue weighted by Gasteiger charge is 2.20. The van der Waals surface area contributed by atoms with Crippen LogP contribution >= 0.6 is 0 Å². The number of hydrogen-bond donors (Lipinski definition) is 0. The van der Waals surface area contributed by atoms with Crippen LogP contribution in [0, 0.1) is 12.8 Å². The Bertz CT molecular complexity index is 371. The maximum atomic E-state index is 4.74. The fourth-order valence-electron chi connectivity index (χ4n) is 2.49. The van der Waals surface area contributed by atoms with Crippen LogP contribution in [0.1, 0.15) is 44.4 Å². The molecule has 1 unspecified atom stereocenters. The van der Waals surface area contributed by atoms with Crippen molar-refractivity contribution in [1.29, 1.82) is 0 Å². The Kier molecular flexibility index (Phi) is 3.17. The Labute approximate surface area is 98.7 Å². The molecule has 16 heavy (non-hydrogen) atoms. The molecule has 0 aliphatic carbocycles. The van der Waals surface area contributed by atoms with Gasteiger partial charge in [-0.15, -0.1) is 0 Å². The van der Waals surface area contributed by atoms with E-state index in [2.05, 4.69) is 44.7 Å². The maximum absolute atomic E-state index is 4.74. The SMILES string of the molecule is Cc1nc(N2CCC(C)C2)ccc1C(C)C. The lowest BCUT2D eigenvalue weighted by atomic mass is 10.0. The second-order valence-corrected chi connectivity index (χ2v) is 5.34. The maximum Gasteiger partial charge on any atom is 0.128 e. The van der Waals surface area contributed by atoms with E-state index in [9.17, 15) is 0 Å². The minimum Gasteiger partial charge on any atom is -0.356 e. The quantitative estimate of drug-likeness (QED) is 0.756. The minimum atomic E-state index is 0.569. The van der Waals surface area contributed by atoms with Gasteiger partial charge in [-0.1, -0.05) is 26.8 Å². The van der Waals surface area contributed by atoms with Crippen molar-refractivity contribution in [2.75, 3.05) is 18.0 Å². The minimum absolute atomic E-state index is 0.569. The number of hydrogen-bond acceptors (Lipinski definition) is 2. The summed E-state index contributed by atoms with van der Waals surface area (Å²) in [5.74, 6) is 2.54. The topological polar surface area (TPSA) is 16.1 Å². The molecule has 1 aromatic rings. The second-order valence-electron chi connectivity index (χ2n) is 5.34. The molecule has 0 N–H and O–H groups in total. The van der Waals surface area contributed by atoms with Gasteiger partial charge >= 0.3 is 0 Å². The molecular formula is C14H22N2. The first-order chi connectivity index (χ1) is 7.58. The number of pyridine rings is 1. The van der Waals surface area contributed by atoms with Gasteiger partial charge < -0.3 is 4.90 Å². The number of aromatic nitrogens is 1. The van der Waals surface area contributed by atoms with Crippen molar-refractivity contribution in [3.63, 3.8) is 0 Å². The van der Waals surface area contributed by atoms with E-state index in [0.29, 0.717) is 5.92 Å². The number of nitrogens with zero attached hydrogens (tertiary/aromatic N) is 2. The highest BCUT2D eigenvalue weighted by Crippen LogP contribution is 2.25. The van der Waals surface area contributed by atoms with Gasteiger partial charge in [0.15, 0.2) is 0 Å². The summed E-state index contributed by atoms with van der Waals surface area (Å²) in [6, 6.07) is 4.42. The summed E-state index contributed by atoms with van der Waals surface area (Å²) in [6.45, 7) is 11.2. The van der Waals surface area contributed by atoms with E-state index in [1.54, 1.807) is 0 Å². The van der Waals surface area contributed by atoms with E-state index in [-0.39, 0.29) is 0 Å². The highest BCUT2D eigenvalue weighted by atomic mass is 15.2. The van der Waals surface area contributed by atoms with E-state index < -0.39 is 0 Å². The summed E-state index contributed by atoms with van der Waals surface area (Å²) < 4.78 is 0. The molecule has 1 atom stereocenters. The van der Waals surface area contributed by atoms with Crippen LogP contribution in [0.15, 0.2) is 12.1 Å². The molecule has 0 amide bonds. The molecule has 1 aliphatic rings. The van der Waals surface area contributed by atoms with Crippen LogP contribution in [0.5, 0.6) is 0 Å². The molecule has 1 aromatic heterocycles. The smallest absolute Gasteiger partial charge is 0.128 e. The average molecular weight is 218 g/mol. The van der Waals surface area contributed by atoms with Gasteiger partial charge in [0.25, 0.3) is 0 Å². The van der Waals surface area contributed by atoms with Crippen LogP contribution in [0.2, 0.25) is 0 Å². The summed E-state index contributed by atoms with van der Waals surface area (Å²) in [5.41, 5.74) is 2.56.